The van der Waals surface area contributed by atoms with Gasteiger partial charge in [-0.05, 0) is 52.4 Å². The first-order valence-electron chi connectivity index (χ1n) is 6.27. The monoisotopic (exact) mass is 409 g/mol. The highest BCUT2D eigenvalue weighted by molar-refractivity contribution is 9.11. The van der Waals surface area contributed by atoms with Gasteiger partial charge in [0.25, 0.3) is 0 Å². The molecular weight excluding hydrogens is 394 g/mol. The van der Waals surface area contributed by atoms with E-state index in [1.807, 2.05) is 0 Å². The molecule has 0 aromatic heterocycles. The van der Waals surface area contributed by atoms with E-state index in [1.54, 1.807) is 18.2 Å². The average molecular weight is 411 g/mol. The minimum absolute atomic E-state index is 0.103. The second kappa shape index (κ2) is 5.84. The molecule has 0 radical (unpaired) electrons. The fourth-order valence-corrected chi connectivity index (χ4v) is 5.13. The summed E-state index contributed by atoms with van der Waals surface area (Å²) in [4.78, 5) is 0.281. The summed E-state index contributed by atoms with van der Waals surface area (Å²) in [5.41, 5.74) is 0.103. The van der Waals surface area contributed by atoms with E-state index in [1.165, 1.54) is 12.8 Å². The van der Waals surface area contributed by atoms with E-state index in [0.29, 0.717) is 11.0 Å². The van der Waals surface area contributed by atoms with Gasteiger partial charge in [0.05, 0.1) is 4.90 Å². The number of rotatable bonds is 4. The van der Waals surface area contributed by atoms with E-state index >= 15 is 0 Å². The highest BCUT2D eigenvalue weighted by atomic mass is 79.9. The molecule has 106 valence electrons. The molecule has 1 saturated carbocycles. The summed E-state index contributed by atoms with van der Waals surface area (Å²) in [6.45, 7) is 2.66. The molecule has 0 heterocycles. The lowest BCUT2D eigenvalue weighted by atomic mass is 9.89. The van der Waals surface area contributed by atoms with Gasteiger partial charge in [0.2, 0.25) is 10.0 Å². The second-order valence-electron chi connectivity index (χ2n) is 5.42. The molecule has 6 heteroatoms. The molecule has 0 amide bonds. The van der Waals surface area contributed by atoms with Gasteiger partial charge in [-0.25, -0.2) is 13.1 Å². The molecule has 1 aromatic rings. The van der Waals surface area contributed by atoms with Crippen molar-refractivity contribution in [1.82, 2.24) is 4.72 Å². The molecule has 1 aliphatic carbocycles. The van der Waals surface area contributed by atoms with Crippen molar-refractivity contribution in [2.75, 3.05) is 6.54 Å². The van der Waals surface area contributed by atoms with Crippen molar-refractivity contribution in [3.05, 3.63) is 27.1 Å². The number of hydrogen-bond donors (Lipinski definition) is 1. The van der Waals surface area contributed by atoms with Crippen LogP contribution in [0.2, 0.25) is 0 Å². The predicted octanol–water partition coefficient (Wildman–Crippen LogP) is 4.07. The van der Waals surface area contributed by atoms with Crippen molar-refractivity contribution in [2.45, 2.75) is 37.5 Å². The van der Waals surface area contributed by atoms with E-state index < -0.39 is 10.0 Å². The summed E-state index contributed by atoms with van der Waals surface area (Å²) >= 11 is 6.60. The molecule has 0 aliphatic heterocycles. The lowest BCUT2D eigenvalue weighted by molar-refractivity contribution is 0.336. The van der Waals surface area contributed by atoms with Crippen molar-refractivity contribution >= 4 is 41.9 Å². The van der Waals surface area contributed by atoms with Crippen LogP contribution in [-0.2, 0) is 10.0 Å². The Balaban J connectivity index is 2.16. The second-order valence-corrected chi connectivity index (χ2v) is 8.92. The minimum atomic E-state index is -3.47. The molecule has 0 unspecified atom stereocenters. The van der Waals surface area contributed by atoms with E-state index in [9.17, 15) is 8.42 Å². The first-order valence-corrected chi connectivity index (χ1v) is 9.34. The van der Waals surface area contributed by atoms with E-state index in [2.05, 4.69) is 43.5 Å². The van der Waals surface area contributed by atoms with Gasteiger partial charge in [-0.15, -0.1) is 0 Å². The highest BCUT2D eigenvalue weighted by Gasteiger charge is 2.30. The van der Waals surface area contributed by atoms with Gasteiger partial charge in [-0.2, -0.15) is 0 Å². The topological polar surface area (TPSA) is 46.2 Å². The Morgan fingerprint density at radius 3 is 2.53 bits per heavy atom. The zero-order chi connectivity index (χ0) is 14.1. The lowest BCUT2D eigenvalue weighted by Crippen LogP contribution is -2.34. The third-order valence-corrected chi connectivity index (χ3v) is 6.57. The minimum Gasteiger partial charge on any atom is -0.211 e. The average Bonchev–Trinajstić information content (AvgIpc) is 2.78. The van der Waals surface area contributed by atoms with Crippen LogP contribution in [-0.4, -0.2) is 15.0 Å². The molecule has 1 N–H and O–H groups in total. The molecular formula is C13H17Br2NO2S. The third-order valence-electron chi connectivity index (χ3n) is 3.68. The molecule has 0 bridgehead atoms. The van der Waals surface area contributed by atoms with Gasteiger partial charge in [0.1, 0.15) is 0 Å². The third kappa shape index (κ3) is 3.80. The van der Waals surface area contributed by atoms with Gasteiger partial charge in [-0.1, -0.05) is 35.7 Å². The van der Waals surface area contributed by atoms with Crippen molar-refractivity contribution < 1.29 is 8.42 Å². The summed E-state index contributed by atoms with van der Waals surface area (Å²) in [5.74, 6) is 0. The van der Waals surface area contributed by atoms with Crippen molar-refractivity contribution in [1.29, 1.82) is 0 Å². The van der Waals surface area contributed by atoms with Crippen molar-refractivity contribution in [3.8, 4) is 0 Å². The van der Waals surface area contributed by atoms with Gasteiger partial charge >= 0.3 is 0 Å². The van der Waals surface area contributed by atoms with E-state index in [-0.39, 0.29) is 10.3 Å². The molecule has 1 aromatic carbocycles. The predicted molar refractivity (Wildman–Crippen MR) is 83.6 cm³/mol. The SMILES string of the molecule is CC1(CNS(=O)(=O)c2cc(Br)ccc2Br)CCCC1. The molecule has 0 atom stereocenters. The first-order chi connectivity index (χ1) is 8.82. The Kier molecular flexibility index (Phi) is 4.75. The zero-order valence-electron chi connectivity index (χ0n) is 10.7. The van der Waals surface area contributed by atoms with Crippen LogP contribution in [0.15, 0.2) is 32.0 Å². The largest absolute Gasteiger partial charge is 0.241 e. The molecule has 2 rings (SSSR count). The maximum atomic E-state index is 12.3. The molecule has 1 aliphatic rings. The summed E-state index contributed by atoms with van der Waals surface area (Å²) in [5, 5.41) is 0. The number of benzene rings is 1. The summed E-state index contributed by atoms with van der Waals surface area (Å²) in [7, 11) is -3.47. The molecule has 1 fully saturated rings. The van der Waals surface area contributed by atoms with Crippen LogP contribution in [0.5, 0.6) is 0 Å². The van der Waals surface area contributed by atoms with Crippen LogP contribution >= 0.6 is 31.9 Å². The quantitative estimate of drug-likeness (QED) is 0.812. The fraction of sp³-hybridized carbons (Fsp3) is 0.538. The number of hydrogen-bond acceptors (Lipinski definition) is 2. The molecule has 19 heavy (non-hydrogen) atoms. The van der Waals surface area contributed by atoms with Crippen LogP contribution in [0.25, 0.3) is 0 Å². The lowest BCUT2D eigenvalue weighted by Gasteiger charge is -2.23. The van der Waals surface area contributed by atoms with Crippen LogP contribution < -0.4 is 4.72 Å². The van der Waals surface area contributed by atoms with Gasteiger partial charge in [-0.3, -0.25) is 0 Å². The normalized spacial score (nSPS) is 18.7. The molecule has 0 spiro atoms. The van der Waals surface area contributed by atoms with Crippen molar-refractivity contribution in [2.24, 2.45) is 5.41 Å². The standard InChI is InChI=1S/C13H17Br2NO2S/c1-13(6-2-3-7-13)9-16-19(17,18)12-8-10(14)4-5-11(12)15/h4-5,8,16H,2-3,6-7,9H2,1H3. The van der Waals surface area contributed by atoms with Crippen LogP contribution in [0, 0.1) is 5.41 Å². The summed E-state index contributed by atoms with van der Waals surface area (Å²) < 4.78 is 28.8. The maximum Gasteiger partial charge on any atom is 0.241 e. The van der Waals surface area contributed by atoms with Gasteiger partial charge in [0.15, 0.2) is 0 Å². The Hall–Kier alpha value is 0.0900. The maximum absolute atomic E-state index is 12.3. The Morgan fingerprint density at radius 2 is 1.89 bits per heavy atom. The van der Waals surface area contributed by atoms with Crippen molar-refractivity contribution in [3.63, 3.8) is 0 Å². The number of halogens is 2. The van der Waals surface area contributed by atoms with E-state index in [4.69, 9.17) is 0 Å². The number of nitrogens with one attached hydrogen (secondary N) is 1. The van der Waals surface area contributed by atoms with Crippen LogP contribution in [0.1, 0.15) is 32.6 Å². The Morgan fingerprint density at radius 1 is 1.26 bits per heavy atom. The fourth-order valence-electron chi connectivity index (χ4n) is 2.44. The number of sulfonamides is 1. The summed E-state index contributed by atoms with van der Waals surface area (Å²) in [6.07, 6.45) is 4.57. The summed E-state index contributed by atoms with van der Waals surface area (Å²) in [6, 6.07) is 5.15. The highest BCUT2D eigenvalue weighted by Crippen LogP contribution is 2.37. The van der Waals surface area contributed by atoms with Gasteiger partial charge in [0, 0.05) is 15.5 Å². The Bertz CT molecular complexity index is 566. The first kappa shape index (κ1) is 15.5. The smallest absolute Gasteiger partial charge is 0.211 e. The van der Waals surface area contributed by atoms with Crippen LogP contribution in [0.4, 0.5) is 0 Å². The zero-order valence-corrected chi connectivity index (χ0v) is 14.7. The molecule has 0 saturated heterocycles. The Labute approximate surface area is 131 Å². The van der Waals surface area contributed by atoms with E-state index in [0.717, 1.165) is 17.3 Å². The van der Waals surface area contributed by atoms with Crippen LogP contribution in [0.3, 0.4) is 0 Å². The molecule has 3 nitrogen and oxygen atoms in total. The van der Waals surface area contributed by atoms with Gasteiger partial charge < -0.3 is 0 Å².